The lowest BCUT2D eigenvalue weighted by atomic mass is 10.1. The molecule has 3 aromatic rings. The first-order valence-corrected chi connectivity index (χ1v) is 13.1. The van der Waals surface area contributed by atoms with E-state index in [0.717, 1.165) is 79.3 Å². The van der Waals surface area contributed by atoms with Crippen LogP contribution in [0.2, 0.25) is 0 Å². The van der Waals surface area contributed by atoms with E-state index in [2.05, 4.69) is 67.1 Å². The van der Waals surface area contributed by atoms with Crippen molar-refractivity contribution in [3.8, 4) is 11.3 Å². The van der Waals surface area contributed by atoms with Gasteiger partial charge in [-0.1, -0.05) is 35.1 Å². The third-order valence-electron chi connectivity index (χ3n) is 6.44. The predicted octanol–water partition coefficient (Wildman–Crippen LogP) is 3.72. The molecule has 5 rings (SSSR count). The molecule has 34 heavy (non-hydrogen) atoms. The first kappa shape index (κ1) is 23.1. The van der Waals surface area contributed by atoms with Crippen molar-refractivity contribution in [2.75, 3.05) is 56.0 Å². The van der Waals surface area contributed by atoms with Crippen molar-refractivity contribution in [2.45, 2.75) is 46.1 Å². The van der Waals surface area contributed by atoms with Crippen molar-refractivity contribution < 1.29 is 4.79 Å². The minimum atomic E-state index is -0.119. The van der Waals surface area contributed by atoms with Crippen molar-refractivity contribution in [3.63, 3.8) is 0 Å². The van der Waals surface area contributed by atoms with Crippen LogP contribution in [0.25, 0.3) is 16.2 Å². The van der Waals surface area contributed by atoms with E-state index in [1.165, 1.54) is 5.56 Å². The maximum atomic E-state index is 12.5. The van der Waals surface area contributed by atoms with E-state index in [0.29, 0.717) is 6.54 Å². The molecule has 4 heterocycles. The number of fused-ring (bicyclic) bond motifs is 1. The molecule has 2 aromatic heterocycles. The van der Waals surface area contributed by atoms with E-state index in [-0.39, 0.29) is 11.4 Å². The summed E-state index contributed by atoms with van der Waals surface area (Å²) in [6.45, 7) is 14.5. The lowest BCUT2D eigenvalue weighted by Crippen LogP contribution is -2.49. The fraction of sp³-hybridized carbons (Fsp3) is 0.560. The van der Waals surface area contributed by atoms with E-state index in [1.54, 1.807) is 11.3 Å². The summed E-state index contributed by atoms with van der Waals surface area (Å²) in [5.74, 6) is 1.21. The van der Waals surface area contributed by atoms with E-state index in [9.17, 15) is 4.79 Å². The van der Waals surface area contributed by atoms with Crippen LogP contribution in [0.1, 0.15) is 39.2 Å². The van der Waals surface area contributed by atoms with Gasteiger partial charge in [0.1, 0.15) is 5.69 Å². The number of rotatable bonds is 5. The van der Waals surface area contributed by atoms with Gasteiger partial charge in [-0.15, -0.1) is 5.10 Å². The zero-order valence-corrected chi connectivity index (χ0v) is 21.5. The third-order valence-corrected chi connectivity index (χ3v) is 7.41. The maximum Gasteiger partial charge on any atom is 0.236 e. The van der Waals surface area contributed by atoms with Crippen LogP contribution in [0.4, 0.5) is 10.9 Å². The number of aryl methyl sites for hydroxylation is 1. The van der Waals surface area contributed by atoms with Gasteiger partial charge in [0.05, 0.1) is 6.54 Å². The summed E-state index contributed by atoms with van der Waals surface area (Å²) in [7, 11) is 0. The van der Waals surface area contributed by atoms with Gasteiger partial charge in [-0.3, -0.25) is 9.69 Å². The topological polar surface area (TPSA) is 69.0 Å². The first-order valence-electron chi connectivity index (χ1n) is 12.3. The van der Waals surface area contributed by atoms with Gasteiger partial charge in [0.25, 0.3) is 0 Å². The Kier molecular flexibility index (Phi) is 6.24. The molecule has 0 saturated carbocycles. The van der Waals surface area contributed by atoms with Crippen LogP contribution >= 0.6 is 11.3 Å². The fourth-order valence-electron chi connectivity index (χ4n) is 4.68. The molecule has 1 aromatic carbocycles. The molecule has 0 unspecified atom stereocenters. The number of anilines is 2. The predicted molar refractivity (Wildman–Crippen MR) is 139 cm³/mol. The van der Waals surface area contributed by atoms with Crippen molar-refractivity contribution >= 4 is 33.2 Å². The molecule has 182 valence electrons. The Labute approximate surface area is 205 Å². The number of hydrogen-bond acceptors (Lipinski definition) is 7. The lowest BCUT2D eigenvalue weighted by molar-refractivity contribution is -0.131. The summed E-state index contributed by atoms with van der Waals surface area (Å²) < 4.78 is 1.96. The highest BCUT2D eigenvalue weighted by atomic mass is 32.1. The summed E-state index contributed by atoms with van der Waals surface area (Å²) in [5, 5.41) is 9.61. The Balaban J connectivity index is 1.33. The van der Waals surface area contributed by atoms with Crippen molar-refractivity contribution in [1.29, 1.82) is 0 Å². The summed E-state index contributed by atoms with van der Waals surface area (Å²) in [6, 6.07) is 8.46. The second-order valence-electron chi connectivity index (χ2n) is 10.5. The molecule has 0 aliphatic carbocycles. The minimum Gasteiger partial charge on any atom is -0.364 e. The Morgan fingerprint density at radius 3 is 2.50 bits per heavy atom. The standard InChI is InChI=1S/C25H35N7OS/c1-18-8-7-9-19(16-18)21-22(27-25(2,3)4)32-23(26-21)34-24(28-32)31-14-12-29(13-15-31)17-20(33)30-10-5-6-11-30/h7-9,16,27H,5-6,10-15,17H2,1-4H3. The van der Waals surface area contributed by atoms with Crippen molar-refractivity contribution in [3.05, 3.63) is 29.8 Å². The quantitative estimate of drug-likeness (QED) is 0.599. The minimum absolute atomic E-state index is 0.119. The second kappa shape index (κ2) is 9.19. The van der Waals surface area contributed by atoms with Gasteiger partial charge in [0.2, 0.25) is 16.0 Å². The average molecular weight is 482 g/mol. The largest absolute Gasteiger partial charge is 0.364 e. The zero-order valence-electron chi connectivity index (χ0n) is 20.7. The van der Waals surface area contributed by atoms with E-state index < -0.39 is 0 Å². The molecular weight excluding hydrogens is 446 g/mol. The molecule has 0 bridgehead atoms. The highest BCUT2D eigenvalue weighted by molar-refractivity contribution is 7.20. The highest BCUT2D eigenvalue weighted by Crippen LogP contribution is 2.35. The molecule has 0 atom stereocenters. The molecule has 2 fully saturated rings. The summed E-state index contributed by atoms with van der Waals surface area (Å²) in [4.78, 5) is 25.0. The van der Waals surface area contributed by atoms with Crippen LogP contribution in [0.3, 0.4) is 0 Å². The Morgan fingerprint density at radius 1 is 1.09 bits per heavy atom. The molecule has 0 spiro atoms. The first-order chi connectivity index (χ1) is 16.3. The van der Waals surface area contributed by atoms with Crippen LogP contribution in [-0.2, 0) is 4.79 Å². The van der Waals surface area contributed by atoms with Crippen LogP contribution in [0.15, 0.2) is 24.3 Å². The van der Waals surface area contributed by atoms with Crippen LogP contribution in [-0.4, -0.2) is 81.7 Å². The van der Waals surface area contributed by atoms with Crippen molar-refractivity contribution in [2.24, 2.45) is 0 Å². The van der Waals surface area contributed by atoms with Gasteiger partial charge in [0.15, 0.2) is 5.82 Å². The molecule has 2 aliphatic rings. The molecule has 2 saturated heterocycles. The van der Waals surface area contributed by atoms with E-state index in [4.69, 9.17) is 10.1 Å². The van der Waals surface area contributed by atoms with E-state index >= 15 is 0 Å². The third kappa shape index (κ3) is 4.90. The van der Waals surface area contributed by atoms with Crippen LogP contribution in [0.5, 0.6) is 0 Å². The average Bonchev–Trinajstić information content (AvgIpc) is 3.51. The Morgan fingerprint density at radius 2 is 1.82 bits per heavy atom. The highest BCUT2D eigenvalue weighted by Gasteiger charge is 2.27. The monoisotopic (exact) mass is 481 g/mol. The number of likely N-dealkylation sites (tertiary alicyclic amines) is 1. The SMILES string of the molecule is Cc1cccc(-c2nc3sc(N4CCN(CC(=O)N5CCCC5)CC4)nn3c2NC(C)(C)C)c1. The Bertz CT molecular complexity index is 1160. The lowest BCUT2D eigenvalue weighted by Gasteiger charge is -2.34. The summed E-state index contributed by atoms with van der Waals surface area (Å²) in [6.07, 6.45) is 2.28. The van der Waals surface area contributed by atoms with Crippen LogP contribution < -0.4 is 10.2 Å². The van der Waals surface area contributed by atoms with Crippen molar-refractivity contribution in [1.82, 2.24) is 24.4 Å². The van der Waals surface area contributed by atoms with Crippen LogP contribution in [0, 0.1) is 6.92 Å². The summed E-state index contributed by atoms with van der Waals surface area (Å²) >= 11 is 1.63. The number of nitrogens with zero attached hydrogens (tertiary/aromatic N) is 6. The number of amides is 1. The number of nitrogens with one attached hydrogen (secondary N) is 1. The number of carbonyl (C=O) groups excluding carboxylic acids is 1. The molecule has 2 aliphatic heterocycles. The molecular formula is C25H35N7OS. The van der Waals surface area contributed by atoms with Gasteiger partial charge in [-0.05, 0) is 46.6 Å². The summed E-state index contributed by atoms with van der Waals surface area (Å²) in [5.41, 5.74) is 3.13. The molecule has 1 N–H and O–H groups in total. The van der Waals surface area contributed by atoms with Gasteiger partial charge in [-0.2, -0.15) is 4.52 Å². The maximum absolute atomic E-state index is 12.5. The number of aromatic nitrogens is 3. The molecule has 0 radical (unpaired) electrons. The second-order valence-corrected chi connectivity index (χ2v) is 11.4. The number of piperazine rings is 1. The number of hydrogen-bond donors (Lipinski definition) is 1. The normalized spacial score (nSPS) is 17.6. The van der Waals surface area contributed by atoms with Gasteiger partial charge in [0, 0.05) is 50.4 Å². The molecule has 1 amide bonds. The smallest absolute Gasteiger partial charge is 0.236 e. The Hall–Kier alpha value is -2.65. The number of carbonyl (C=O) groups is 1. The van der Waals surface area contributed by atoms with E-state index in [1.807, 2.05) is 9.42 Å². The van der Waals surface area contributed by atoms with Gasteiger partial charge in [-0.25, -0.2) is 4.98 Å². The fourth-order valence-corrected chi connectivity index (χ4v) is 5.64. The number of imidazole rings is 1. The number of benzene rings is 1. The molecule has 9 heteroatoms. The van der Waals surface area contributed by atoms with Gasteiger partial charge < -0.3 is 15.1 Å². The molecule has 8 nitrogen and oxygen atoms in total. The zero-order chi connectivity index (χ0) is 23.9. The van der Waals surface area contributed by atoms with Gasteiger partial charge >= 0.3 is 0 Å².